The Labute approximate surface area is 829 Å². The Hall–Kier alpha value is -19.1. The van der Waals surface area contributed by atoms with E-state index in [1.165, 1.54) is 274 Å². The predicted octanol–water partition coefficient (Wildman–Crippen LogP) is 37.2. The zero-order valence-electron chi connectivity index (χ0n) is 78.5. The maximum absolute atomic E-state index is 2.44. The quantitative estimate of drug-likeness (QED) is 0.131. The molecule has 31 aromatic rings. The Morgan fingerprint density at radius 3 is 0.729 bits per heavy atom. The highest BCUT2D eigenvalue weighted by Crippen LogP contribution is 2.47. The van der Waals surface area contributed by atoms with E-state index >= 15 is 0 Å². The molecule has 6 heterocycles. The highest BCUT2D eigenvalue weighted by molar-refractivity contribution is 6.23. The van der Waals surface area contributed by atoms with Gasteiger partial charge in [0.1, 0.15) is 0 Å². The zero-order valence-corrected chi connectivity index (χ0v) is 78.5. The lowest BCUT2D eigenvalue weighted by molar-refractivity contribution is 1.18. The number of benzene rings is 25. The summed E-state index contributed by atoms with van der Waals surface area (Å²) in [5, 5.41) is 30.2. The van der Waals surface area contributed by atoms with Gasteiger partial charge in [-0.2, -0.15) is 0 Å². The SMILES string of the molecule is c1ccc(-n2c3ccccc3c3cc(-c4ccc5c6ccccc6n(-c6ccc7ccccc7c6)c5c4)ccc32)cc1.c1ccc(-n2c3ccccc3c3cc(-c4cccc5c(-c6ccc7c8ccccc8n(-c8ccc9ccccc9c8)c7c6)cccc45)ccc32)cc1.c1ccc2cc(-n3c4ccccc4c4ccc(-c5ccc6c(c5)c5c7ccccc7ccc5n6-c5ccc6ccccc6c5)cc43)ccc2c1. The van der Waals surface area contributed by atoms with Crippen LogP contribution in [0.3, 0.4) is 0 Å². The first-order valence-corrected chi connectivity index (χ1v) is 49.6. The predicted molar refractivity (Wildman–Crippen MR) is 612 cm³/mol. The molecule has 0 spiro atoms. The zero-order chi connectivity index (χ0) is 94.6. The normalized spacial score (nSPS) is 11.9. The number of fused-ring (bicyclic) bond motifs is 25. The molecule has 0 saturated carbocycles. The fraction of sp³-hybridized carbons (Fsp3) is 0. The van der Waals surface area contributed by atoms with Crippen molar-refractivity contribution in [3.05, 3.63) is 534 Å². The summed E-state index contributed by atoms with van der Waals surface area (Å²) >= 11 is 0. The van der Waals surface area contributed by atoms with E-state index in [9.17, 15) is 0 Å². The van der Waals surface area contributed by atoms with Crippen molar-refractivity contribution in [2.75, 3.05) is 0 Å². The van der Waals surface area contributed by atoms with Crippen molar-refractivity contribution >= 4 is 195 Å². The molecule has 31 rings (SSSR count). The van der Waals surface area contributed by atoms with E-state index in [4.69, 9.17) is 0 Å². The molecule has 25 aromatic carbocycles. The van der Waals surface area contributed by atoms with Crippen molar-refractivity contribution in [3.63, 3.8) is 0 Å². The number of aromatic nitrogens is 6. The van der Waals surface area contributed by atoms with Crippen LogP contribution in [0.5, 0.6) is 0 Å². The Balaban J connectivity index is 0.000000103. The minimum Gasteiger partial charge on any atom is -0.309 e. The molecule has 0 aliphatic rings. The second kappa shape index (κ2) is 33.3. The molecule has 0 bridgehead atoms. The summed E-state index contributed by atoms with van der Waals surface area (Å²) < 4.78 is 14.5. The smallest absolute Gasteiger partial charge is 0.0547 e. The maximum Gasteiger partial charge on any atom is 0.0547 e. The van der Waals surface area contributed by atoms with Gasteiger partial charge >= 0.3 is 0 Å². The van der Waals surface area contributed by atoms with Crippen molar-refractivity contribution in [2.45, 2.75) is 0 Å². The second-order valence-corrected chi connectivity index (χ2v) is 38.2. The molecule has 144 heavy (non-hydrogen) atoms. The van der Waals surface area contributed by atoms with Crippen LogP contribution in [-0.2, 0) is 0 Å². The van der Waals surface area contributed by atoms with Crippen molar-refractivity contribution in [1.82, 2.24) is 27.4 Å². The Morgan fingerprint density at radius 2 is 0.333 bits per heavy atom. The highest BCUT2D eigenvalue weighted by Gasteiger charge is 2.24. The highest BCUT2D eigenvalue weighted by atomic mass is 15.0. The molecule has 670 valence electrons. The fourth-order valence-electron chi connectivity index (χ4n) is 23.6. The maximum atomic E-state index is 2.44. The monoisotopic (exact) mass is 1830 g/mol. The van der Waals surface area contributed by atoms with E-state index in [0.717, 1.165) is 0 Å². The van der Waals surface area contributed by atoms with E-state index in [2.05, 4.69) is 561 Å². The number of nitrogens with zero attached hydrogens (tertiary/aromatic N) is 6. The number of rotatable bonds is 10. The molecule has 0 aliphatic heterocycles. The Kier molecular flexibility index (Phi) is 19.0. The molecule has 0 unspecified atom stereocenters. The summed E-state index contributed by atoms with van der Waals surface area (Å²) in [6, 6.07) is 195. The van der Waals surface area contributed by atoms with Crippen LogP contribution in [0, 0.1) is 0 Å². The summed E-state index contributed by atoms with van der Waals surface area (Å²) in [7, 11) is 0. The fourth-order valence-corrected chi connectivity index (χ4v) is 23.6. The van der Waals surface area contributed by atoms with E-state index in [-0.39, 0.29) is 0 Å². The molecular weight excluding hydrogens is 1740 g/mol. The van der Waals surface area contributed by atoms with Gasteiger partial charge in [-0.15, -0.1) is 0 Å². The lowest BCUT2D eigenvalue weighted by atomic mass is 9.92. The standard InChI is InChI=1S/C50H32N2.C48H30N2.C40H26N2/c1-2-14-37(15-3-1)51-48-23-9-7-17-44(48)46-31-35(26-29-49(46)51)39-18-10-21-42-40(19-11-20-41(39)42)36-25-28-45-43-16-6-8-22-47(43)52(50(45)32-36)38-27-24-33-12-4-5-13-34(33)30-38;1-3-12-34-27-38(22-17-31(34)9-1)49-45-25-21-36(29-43(45)48-40-14-6-5-11-33(40)20-26-46(48)49)37-19-24-42-41-15-7-8-16-44(41)50(47(42)30-37)39-23-18-32-10-2-4-13-35(32)28-39;1-2-12-31(13-3-1)41-38-17-9-7-15-34(38)36-25-29(20-23-39(36)41)30-19-22-35-33-14-6-8-16-37(33)42(40(35)26-30)32-21-18-27-10-4-5-11-28(27)24-32/h1-32H;1-30H;1-26H. The van der Waals surface area contributed by atoms with Crippen LogP contribution in [0.15, 0.2) is 534 Å². The second-order valence-electron chi connectivity index (χ2n) is 38.2. The first-order valence-electron chi connectivity index (χ1n) is 49.6. The average Bonchev–Trinajstić information content (AvgIpc) is 1.57. The molecule has 0 atom stereocenters. The van der Waals surface area contributed by atoms with Gasteiger partial charge < -0.3 is 27.4 Å². The molecule has 0 N–H and O–H groups in total. The molecule has 0 saturated heterocycles. The van der Waals surface area contributed by atoms with Gasteiger partial charge in [0, 0.05) is 98.8 Å². The minimum absolute atomic E-state index is 1.17. The van der Waals surface area contributed by atoms with E-state index in [0.29, 0.717) is 0 Å². The summed E-state index contributed by atoms with van der Waals surface area (Å²) in [5.41, 5.74) is 31.4. The van der Waals surface area contributed by atoms with E-state index in [1.807, 2.05) is 0 Å². The van der Waals surface area contributed by atoms with Gasteiger partial charge in [-0.3, -0.25) is 0 Å². The topological polar surface area (TPSA) is 29.6 Å². The van der Waals surface area contributed by atoms with Gasteiger partial charge in [0.05, 0.1) is 66.2 Å². The average molecular weight is 1830 g/mol. The number of hydrogen-bond acceptors (Lipinski definition) is 0. The van der Waals surface area contributed by atoms with Gasteiger partial charge in [-0.25, -0.2) is 0 Å². The molecule has 0 fully saturated rings. The molecule has 0 amide bonds. The Morgan fingerprint density at radius 1 is 0.0972 bits per heavy atom. The summed E-state index contributed by atoms with van der Waals surface area (Å²) in [5.74, 6) is 0. The number of para-hydroxylation sites is 7. The third-order valence-corrected chi connectivity index (χ3v) is 30.2. The van der Waals surface area contributed by atoms with Gasteiger partial charge in [0.15, 0.2) is 0 Å². The summed E-state index contributed by atoms with van der Waals surface area (Å²) in [4.78, 5) is 0. The van der Waals surface area contributed by atoms with Crippen LogP contribution in [0.2, 0.25) is 0 Å². The first-order chi connectivity index (χ1) is 71.4. The van der Waals surface area contributed by atoms with Crippen molar-refractivity contribution in [1.29, 1.82) is 0 Å². The van der Waals surface area contributed by atoms with Crippen molar-refractivity contribution < 1.29 is 0 Å². The molecule has 0 aliphatic carbocycles. The third kappa shape index (κ3) is 13.3. The van der Waals surface area contributed by atoms with Gasteiger partial charge in [0.2, 0.25) is 0 Å². The van der Waals surface area contributed by atoms with Crippen molar-refractivity contribution in [2.24, 2.45) is 0 Å². The van der Waals surface area contributed by atoms with Gasteiger partial charge in [-0.05, 0) is 273 Å². The van der Waals surface area contributed by atoms with E-state index < -0.39 is 0 Å². The van der Waals surface area contributed by atoms with Crippen molar-refractivity contribution in [3.8, 4) is 78.6 Å². The largest absolute Gasteiger partial charge is 0.309 e. The van der Waals surface area contributed by atoms with Gasteiger partial charge in [0.25, 0.3) is 0 Å². The summed E-state index contributed by atoms with van der Waals surface area (Å²) in [6.45, 7) is 0. The minimum atomic E-state index is 1.17. The lowest BCUT2D eigenvalue weighted by Crippen LogP contribution is -1.94. The molecule has 0 radical (unpaired) electrons. The van der Waals surface area contributed by atoms with Gasteiger partial charge in [-0.1, -0.05) is 370 Å². The third-order valence-electron chi connectivity index (χ3n) is 30.2. The van der Waals surface area contributed by atoms with Crippen LogP contribution in [0.4, 0.5) is 0 Å². The molecule has 6 nitrogen and oxygen atoms in total. The number of hydrogen-bond donors (Lipinski definition) is 0. The molecule has 6 heteroatoms. The van der Waals surface area contributed by atoms with E-state index in [1.54, 1.807) is 0 Å². The molecule has 6 aromatic heterocycles. The van der Waals surface area contributed by atoms with Crippen LogP contribution in [-0.4, -0.2) is 27.4 Å². The van der Waals surface area contributed by atoms with Crippen LogP contribution < -0.4 is 0 Å². The molecular formula is C138H88N6. The lowest BCUT2D eigenvalue weighted by Gasteiger charge is -2.13. The van der Waals surface area contributed by atoms with Crippen LogP contribution in [0.1, 0.15) is 0 Å². The van der Waals surface area contributed by atoms with Crippen LogP contribution in [0.25, 0.3) is 274 Å². The summed E-state index contributed by atoms with van der Waals surface area (Å²) in [6.07, 6.45) is 0. The Bertz CT molecular complexity index is 10700. The first kappa shape index (κ1) is 82.0. The van der Waals surface area contributed by atoms with Crippen LogP contribution >= 0.6 is 0 Å².